The van der Waals surface area contributed by atoms with Crippen LogP contribution in [0.3, 0.4) is 0 Å². The van der Waals surface area contributed by atoms with Crippen LogP contribution in [0.2, 0.25) is 0 Å². The average Bonchev–Trinajstić information content (AvgIpc) is 3.29. The van der Waals surface area contributed by atoms with Gasteiger partial charge in [0, 0.05) is 42.7 Å². The molecule has 1 aromatic carbocycles. The van der Waals surface area contributed by atoms with Gasteiger partial charge in [0.1, 0.15) is 17.7 Å². The lowest BCUT2D eigenvalue weighted by molar-refractivity contribution is 0.0944. The minimum atomic E-state index is -0.593. The molecule has 5 heterocycles. The quantitative estimate of drug-likeness (QED) is 0.356. The van der Waals surface area contributed by atoms with Crippen molar-refractivity contribution in [1.29, 1.82) is 0 Å². The van der Waals surface area contributed by atoms with Crippen molar-refractivity contribution in [3.05, 3.63) is 83.1 Å². The van der Waals surface area contributed by atoms with Gasteiger partial charge in [-0.1, -0.05) is 6.07 Å². The number of nitrogens with one attached hydrogen (secondary N) is 1. The summed E-state index contributed by atoms with van der Waals surface area (Å²) in [5, 5.41) is 18.4. The molecular weight excluding hydrogens is 489 g/mol. The first-order valence-electron chi connectivity index (χ1n) is 12.5. The number of ether oxygens (including phenoxy) is 1. The third-order valence-corrected chi connectivity index (χ3v) is 7.35. The molecule has 38 heavy (non-hydrogen) atoms. The Hall–Kier alpha value is -4.61. The number of aryl methyl sites for hydroxylation is 1. The van der Waals surface area contributed by atoms with Gasteiger partial charge in [-0.2, -0.15) is 5.10 Å². The van der Waals surface area contributed by atoms with E-state index in [4.69, 9.17) is 9.72 Å². The maximum absolute atomic E-state index is 15.1. The molecule has 0 bridgehead atoms. The first-order chi connectivity index (χ1) is 18.6. The number of tetrazole rings is 1. The van der Waals surface area contributed by atoms with Crippen LogP contribution < -0.4 is 10.1 Å². The van der Waals surface area contributed by atoms with E-state index in [9.17, 15) is 4.79 Å². The van der Waals surface area contributed by atoms with Crippen LogP contribution in [0.5, 0.6) is 5.75 Å². The molecule has 1 unspecified atom stereocenters. The highest BCUT2D eigenvalue weighted by Gasteiger charge is 2.30. The molecule has 1 fully saturated rings. The summed E-state index contributed by atoms with van der Waals surface area (Å²) in [5.74, 6) is -0.208. The van der Waals surface area contributed by atoms with Crippen LogP contribution in [0.4, 0.5) is 4.39 Å². The van der Waals surface area contributed by atoms with Crippen LogP contribution >= 0.6 is 0 Å². The summed E-state index contributed by atoms with van der Waals surface area (Å²) in [5.41, 5.74) is 5.06. The number of methoxy groups -OCH3 is 1. The molecule has 1 aliphatic carbocycles. The number of aromatic nitrogens is 8. The summed E-state index contributed by atoms with van der Waals surface area (Å²) in [6.07, 6.45) is 9.00. The molecule has 1 atom stereocenters. The Morgan fingerprint density at radius 2 is 2.08 bits per heavy atom. The fourth-order valence-corrected chi connectivity index (χ4v) is 5.22. The van der Waals surface area contributed by atoms with Crippen molar-refractivity contribution < 1.29 is 13.9 Å². The smallest absolute Gasteiger partial charge is 0.272 e. The summed E-state index contributed by atoms with van der Waals surface area (Å²) < 4.78 is 25.5. The van der Waals surface area contributed by atoms with Crippen molar-refractivity contribution >= 4 is 11.6 Å². The molecule has 0 radical (unpaired) electrons. The Morgan fingerprint density at radius 3 is 2.87 bits per heavy atom. The van der Waals surface area contributed by atoms with Gasteiger partial charge in [-0.25, -0.2) is 14.1 Å². The normalized spacial score (nSPS) is 16.6. The summed E-state index contributed by atoms with van der Waals surface area (Å²) >= 11 is 0. The third kappa shape index (κ3) is 3.80. The molecule has 1 N–H and O–H groups in total. The minimum absolute atomic E-state index is 0.0515. The molecule has 1 amide bonds. The Morgan fingerprint density at radius 1 is 1.18 bits per heavy atom. The van der Waals surface area contributed by atoms with Crippen LogP contribution in [-0.4, -0.2) is 52.4 Å². The second-order valence-corrected chi connectivity index (χ2v) is 9.70. The number of amides is 1. The van der Waals surface area contributed by atoms with Gasteiger partial charge in [0.2, 0.25) is 0 Å². The van der Waals surface area contributed by atoms with E-state index in [-0.39, 0.29) is 29.5 Å². The van der Waals surface area contributed by atoms with Gasteiger partial charge in [0.05, 0.1) is 18.5 Å². The lowest BCUT2D eigenvalue weighted by atomic mass is 10.0. The maximum atomic E-state index is 15.1. The molecular formula is C26H24FN9O2. The van der Waals surface area contributed by atoms with Crippen molar-refractivity contribution in [2.45, 2.75) is 44.2 Å². The zero-order valence-electron chi connectivity index (χ0n) is 20.6. The summed E-state index contributed by atoms with van der Waals surface area (Å²) in [6.45, 7) is 0.598. The average molecular weight is 514 g/mol. The zero-order chi connectivity index (χ0) is 25.8. The Bertz CT molecular complexity index is 1670. The Kier molecular flexibility index (Phi) is 5.20. The summed E-state index contributed by atoms with van der Waals surface area (Å²) in [7, 11) is 1.38. The van der Waals surface area contributed by atoms with Crippen LogP contribution in [0.25, 0.3) is 11.3 Å². The molecule has 2 aliphatic rings. The van der Waals surface area contributed by atoms with E-state index in [1.165, 1.54) is 42.6 Å². The van der Waals surface area contributed by atoms with Crippen LogP contribution in [-0.2, 0) is 13.1 Å². The molecule has 5 aromatic rings. The Labute approximate surface area is 216 Å². The van der Waals surface area contributed by atoms with Crippen molar-refractivity contribution in [2.75, 3.05) is 7.11 Å². The largest absolute Gasteiger partial charge is 0.494 e. The monoisotopic (exact) mass is 513 g/mol. The van der Waals surface area contributed by atoms with Gasteiger partial charge >= 0.3 is 0 Å². The number of hydrogen-bond donors (Lipinski definition) is 1. The topological polar surface area (TPSA) is 117 Å². The van der Waals surface area contributed by atoms with Crippen LogP contribution in [0.1, 0.15) is 64.1 Å². The van der Waals surface area contributed by atoms with Crippen molar-refractivity contribution in [2.24, 2.45) is 0 Å². The van der Waals surface area contributed by atoms with Crippen molar-refractivity contribution in [1.82, 2.24) is 44.7 Å². The Balaban J connectivity index is 1.12. The predicted octanol–water partition coefficient (Wildman–Crippen LogP) is 3.00. The number of pyridine rings is 1. The van der Waals surface area contributed by atoms with E-state index in [0.717, 1.165) is 23.5 Å². The number of carbonyl (C=O) groups is 1. The number of halogens is 1. The van der Waals surface area contributed by atoms with E-state index in [1.54, 1.807) is 12.1 Å². The van der Waals surface area contributed by atoms with Crippen molar-refractivity contribution in [3.63, 3.8) is 0 Å². The zero-order valence-corrected chi connectivity index (χ0v) is 20.6. The number of imidazole rings is 1. The van der Waals surface area contributed by atoms with E-state index in [1.807, 2.05) is 4.68 Å². The maximum Gasteiger partial charge on any atom is 0.272 e. The number of fused-ring (bicyclic) bond motifs is 2. The van der Waals surface area contributed by atoms with Gasteiger partial charge in [-0.15, -0.1) is 5.10 Å². The highest BCUT2D eigenvalue weighted by atomic mass is 19.1. The molecule has 12 heteroatoms. The van der Waals surface area contributed by atoms with Gasteiger partial charge < -0.3 is 14.5 Å². The first kappa shape index (κ1) is 22.6. The third-order valence-electron chi connectivity index (χ3n) is 7.35. The summed E-state index contributed by atoms with van der Waals surface area (Å²) in [6, 6.07) is 9.17. The van der Waals surface area contributed by atoms with Gasteiger partial charge in [0.15, 0.2) is 11.6 Å². The van der Waals surface area contributed by atoms with E-state index in [2.05, 4.69) is 54.9 Å². The number of nitrogens with zero attached hydrogens (tertiary/aromatic N) is 8. The van der Waals surface area contributed by atoms with E-state index < -0.39 is 11.7 Å². The standard InChI is InChI=1S/C26H24FN9O2/c1-38-23-6-5-21(36-14-29-32-33-36)18(25(23)27)11-28-26(37)19-10-22-17(8-9-35(22)31-19)20-13-34-12-16(15-2-3-15)4-7-24(34)30-20/h4-7,10,12-15,17H,2-3,8-9,11H2,1H3,(H,28,37). The number of hydrogen-bond acceptors (Lipinski definition) is 7. The molecule has 4 aromatic heterocycles. The molecule has 1 saturated carbocycles. The van der Waals surface area contributed by atoms with Crippen molar-refractivity contribution in [3.8, 4) is 11.4 Å². The summed E-state index contributed by atoms with van der Waals surface area (Å²) in [4.78, 5) is 17.9. The number of rotatable bonds is 7. The fraction of sp³-hybridized carbons (Fsp3) is 0.308. The van der Waals surface area contributed by atoms with Gasteiger partial charge in [-0.05, 0) is 65.4 Å². The van der Waals surface area contributed by atoms with Gasteiger partial charge in [-0.3, -0.25) is 9.48 Å². The van der Waals surface area contributed by atoms with Gasteiger partial charge in [0.25, 0.3) is 5.91 Å². The molecule has 0 saturated heterocycles. The number of benzene rings is 1. The van der Waals surface area contributed by atoms with Crippen LogP contribution in [0.15, 0.2) is 49.1 Å². The number of carbonyl (C=O) groups excluding carboxylic acids is 1. The second kappa shape index (κ2) is 8.75. The first-order valence-corrected chi connectivity index (χ1v) is 12.5. The van der Waals surface area contributed by atoms with Crippen LogP contribution in [0, 0.1) is 5.82 Å². The SMILES string of the molecule is COc1ccc(-n2cnnn2)c(CNC(=O)c2cc3n(n2)CCC3c2cn3cc(C4CC4)ccc3n2)c1F. The molecule has 192 valence electrons. The lowest BCUT2D eigenvalue weighted by Gasteiger charge is -2.13. The molecule has 7 rings (SSSR count). The second-order valence-electron chi connectivity index (χ2n) is 9.70. The van der Waals surface area contributed by atoms with E-state index in [0.29, 0.717) is 18.2 Å². The molecule has 11 nitrogen and oxygen atoms in total. The molecule has 0 spiro atoms. The minimum Gasteiger partial charge on any atom is -0.494 e. The predicted molar refractivity (Wildman–Crippen MR) is 133 cm³/mol. The highest BCUT2D eigenvalue weighted by molar-refractivity contribution is 5.92. The lowest BCUT2D eigenvalue weighted by Crippen LogP contribution is -2.25. The van der Waals surface area contributed by atoms with E-state index >= 15 is 4.39 Å². The molecule has 1 aliphatic heterocycles. The fourth-order valence-electron chi connectivity index (χ4n) is 5.22. The highest BCUT2D eigenvalue weighted by Crippen LogP contribution is 2.40.